The Morgan fingerprint density at radius 2 is 1.93 bits per heavy atom. The topological polar surface area (TPSA) is 57.9 Å². The average Bonchev–Trinajstić information content (AvgIpc) is 2.98. The van der Waals surface area contributed by atoms with E-state index < -0.39 is 15.1 Å². The van der Waals surface area contributed by atoms with Gasteiger partial charge in [-0.15, -0.1) is 0 Å². The molecule has 3 nitrogen and oxygen atoms in total. The fraction of sp³-hybridized carbons (Fsp3) is 0.364. The van der Waals surface area contributed by atoms with Crippen molar-refractivity contribution >= 4 is 9.84 Å². The first-order valence-electron chi connectivity index (χ1n) is 4.76. The summed E-state index contributed by atoms with van der Waals surface area (Å²) in [5.41, 5.74) is 1.03. The Hall–Kier alpha value is -1.34. The highest BCUT2D eigenvalue weighted by atomic mass is 32.2. The van der Waals surface area contributed by atoms with Crippen LogP contribution in [0.15, 0.2) is 29.2 Å². The van der Waals surface area contributed by atoms with Crippen LogP contribution in [-0.4, -0.2) is 13.7 Å². The Labute approximate surface area is 89.3 Å². The molecule has 0 radical (unpaired) electrons. The molecule has 1 aliphatic carbocycles. The second-order valence-electron chi connectivity index (χ2n) is 3.87. The zero-order valence-electron chi connectivity index (χ0n) is 8.34. The molecular formula is C11H11NO2S. The van der Waals surface area contributed by atoms with Gasteiger partial charge >= 0.3 is 0 Å². The van der Waals surface area contributed by atoms with Crippen LogP contribution in [0.1, 0.15) is 12.0 Å². The molecule has 1 aromatic carbocycles. The fourth-order valence-electron chi connectivity index (χ4n) is 1.55. The van der Waals surface area contributed by atoms with Crippen LogP contribution in [0.3, 0.4) is 0 Å². The summed E-state index contributed by atoms with van der Waals surface area (Å²) >= 11 is 0. The van der Waals surface area contributed by atoms with Gasteiger partial charge in [-0.1, -0.05) is 17.7 Å². The van der Waals surface area contributed by atoms with Crippen LogP contribution in [0.25, 0.3) is 0 Å². The third-order valence-corrected chi connectivity index (χ3v) is 4.89. The zero-order valence-corrected chi connectivity index (χ0v) is 9.16. The molecule has 0 unspecified atom stereocenters. The third kappa shape index (κ3) is 1.75. The van der Waals surface area contributed by atoms with E-state index in [0.717, 1.165) is 5.56 Å². The predicted molar refractivity (Wildman–Crippen MR) is 55.9 cm³/mol. The molecule has 0 amide bonds. The first kappa shape index (κ1) is 10.2. The maximum atomic E-state index is 11.9. The summed E-state index contributed by atoms with van der Waals surface area (Å²) in [6.07, 6.45) is 0.479. The Balaban J connectivity index is 2.32. The molecule has 4 heteroatoms. The minimum atomic E-state index is -3.27. The molecular weight excluding hydrogens is 210 g/mol. The standard InChI is InChI=1S/C11H11NO2S/c1-8-2-4-10(5-3-8)15(13,14)11-6-9(11)7-12/h2-5,9,11H,6H2,1H3/t9-,11+/m1/s1. The summed E-state index contributed by atoms with van der Waals surface area (Å²) in [6.45, 7) is 1.91. The van der Waals surface area contributed by atoms with Crippen molar-refractivity contribution in [2.45, 2.75) is 23.5 Å². The minimum absolute atomic E-state index is 0.309. The maximum absolute atomic E-state index is 11.9. The first-order valence-corrected chi connectivity index (χ1v) is 6.30. The van der Waals surface area contributed by atoms with Crippen molar-refractivity contribution < 1.29 is 8.42 Å². The zero-order chi connectivity index (χ0) is 11.1. The van der Waals surface area contributed by atoms with Crippen molar-refractivity contribution in [1.82, 2.24) is 0 Å². The van der Waals surface area contributed by atoms with Crippen LogP contribution in [0.2, 0.25) is 0 Å². The van der Waals surface area contributed by atoms with Crippen LogP contribution in [0, 0.1) is 24.2 Å². The molecule has 2 atom stereocenters. The lowest BCUT2D eigenvalue weighted by Gasteiger charge is -2.02. The molecule has 1 aliphatic rings. The maximum Gasteiger partial charge on any atom is 0.182 e. The van der Waals surface area contributed by atoms with E-state index in [1.54, 1.807) is 24.3 Å². The smallest absolute Gasteiger partial charge is 0.182 e. The summed E-state index contributed by atoms with van der Waals surface area (Å²) in [5.74, 6) is -0.309. The highest BCUT2D eigenvalue weighted by Gasteiger charge is 2.48. The largest absolute Gasteiger partial charge is 0.223 e. The lowest BCUT2D eigenvalue weighted by Crippen LogP contribution is -2.09. The van der Waals surface area contributed by atoms with E-state index in [1.165, 1.54) is 0 Å². The van der Waals surface area contributed by atoms with Gasteiger partial charge in [-0.25, -0.2) is 8.42 Å². The van der Waals surface area contributed by atoms with Crippen LogP contribution in [0.5, 0.6) is 0 Å². The number of sulfone groups is 1. The van der Waals surface area contributed by atoms with Crippen LogP contribution >= 0.6 is 0 Å². The lowest BCUT2D eigenvalue weighted by atomic mass is 10.2. The SMILES string of the molecule is Cc1ccc(S(=O)(=O)[C@H]2C[C@@H]2C#N)cc1. The van der Waals surface area contributed by atoms with E-state index in [1.807, 2.05) is 13.0 Å². The van der Waals surface area contributed by atoms with Gasteiger partial charge in [0.2, 0.25) is 0 Å². The van der Waals surface area contributed by atoms with Gasteiger partial charge in [-0.2, -0.15) is 5.26 Å². The molecule has 2 rings (SSSR count). The van der Waals surface area contributed by atoms with Crippen LogP contribution in [0.4, 0.5) is 0 Å². The van der Waals surface area contributed by atoms with Gasteiger partial charge in [0.1, 0.15) is 0 Å². The van der Waals surface area contributed by atoms with Crippen molar-refractivity contribution in [2.75, 3.05) is 0 Å². The van der Waals surface area contributed by atoms with E-state index in [2.05, 4.69) is 0 Å². The van der Waals surface area contributed by atoms with Gasteiger partial charge in [0.05, 0.1) is 22.1 Å². The quantitative estimate of drug-likeness (QED) is 0.763. The molecule has 15 heavy (non-hydrogen) atoms. The molecule has 1 aromatic rings. The van der Waals surface area contributed by atoms with Gasteiger partial charge in [0.25, 0.3) is 0 Å². The number of aryl methyl sites for hydroxylation is 1. The highest BCUT2D eigenvalue weighted by Crippen LogP contribution is 2.39. The highest BCUT2D eigenvalue weighted by molar-refractivity contribution is 7.92. The molecule has 0 saturated heterocycles. The predicted octanol–water partition coefficient (Wildman–Crippen LogP) is 1.68. The second-order valence-corrected chi connectivity index (χ2v) is 6.03. The normalized spacial score (nSPS) is 24.5. The summed E-state index contributed by atoms with van der Waals surface area (Å²) in [7, 11) is -3.27. The van der Waals surface area contributed by atoms with Crippen molar-refractivity contribution in [3.8, 4) is 6.07 Å². The first-order chi connectivity index (χ1) is 7.05. The van der Waals surface area contributed by atoms with E-state index in [9.17, 15) is 8.42 Å². The van der Waals surface area contributed by atoms with E-state index in [0.29, 0.717) is 11.3 Å². The van der Waals surface area contributed by atoms with Crippen molar-refractivity contribution in [1.29, 1.82) is 5.26 Å². The Kier molecular flexibility index (Phi) is 2.28. The van der Waals surface area contributed by atoms with Gasteiger partial charge in [0, 0.05) is 0 Å². The van der Waals surface area contributed by atoms with Crippen molar-refractivity contribution in [3.05, 3.63) is 29.8 Å². The van der Waals surface area contributed by atoms with Gasteiger partial charge in [-0.3, -0.25) is 0 Å². The average molecular weight is 221 g/mol. The van der Waals surface area contributed by atoms with Crippen molar-refractivity contribution in [2.24, 2.45) is 5.92 Å². The summed E-state index contributed by atoms with van der Waals surface area (Å²) in [4.78, 5) is 0.329. The Morgan fingerprint density at radius 1 is 1.33 bits per heavy atom. The van der Waals surface area contributed by atoms with Crippen molar-refractivity contribution in [3.63, 3.8) is 0 Å². The fourth-order valence-corrected chi connectivity index (χ4v) is 3.37. The van der Waals surface area contributed by atoms with Crippen LogP contribution in [-0.2, 0) is 9.84 Å². The van der Waals surface area contributed by atoms with Gasteiger partial charge in [0.15, 0.2) is 9.84 Å². The number of nitriles is 1. The second kappa shape index (κ2) is 3.35. The number of rotatable bonds is 2. The molecule has 0 aliphatic heterocycles. The number of benzene rings is 1. The van der Waals surface area contributed by atoms with E-state index in [-0.39, 0.29) is 5.92 Å². The van der Waals surface area contributed by atoms with Gasteiger partial charge < -0.3 is 0 Å². The molecule has 78 valence electrons. The van der Waals surface area contributed by atoms with E-state index in [4.69, 9.17) is 5.26 Å². The monoisotopic (exact) mass is 221 g/mol. The number of nitrogens with zero attached hydrogens (tertiary/aromatic N) is 1. The number of hydrogen-bond acceptors (Lipinski definition) is 3. The van der Waals surface area contributed by atoms with Crippen LogP contribution < -0.4 is 0 Å². The number of hydrogen-bond donors (Lipinski definition) is 0. The molecule has 0 heterocycles. The lowest BCUT2D eigenvalue weighted by molar-refractivity contribution is 0.593. The van der Waals surface area contributed by atoms with E-state index >= 15 is 0 Å². The molecule has 0 aromatic heterocycles. The Morgan fingerprint density at radius 3 is 2.40 bits per heavy atom. The molecule has 0 spiro atoms. The molecule has 0 bridgehead atoms. The third-order valence-electron chi connectivity index (χ3n) is 2.65. The summed E-state index contributed by atoms with van der Waals surface area (Å²) in [5, 5.41) is 8.14. The Bertz CT molecular complexity index is 511. The summed E-state index contributed by atoms with van der Waals surface area (Å²) in [6, 6.07) is 8.76. The molecule has 0 N–H and O–H groups in total. The summed E-state index contributed by atoms with van der Waals surface area (Å²) < 4.78 is 23.8. The minimum Gasteiger partial charge on any atom is -0.223 e. The molecule has 1 saturated carbocycles. The molecule has 1 fully saturated rings. The van der Waals surface area contributed by atoms with Gasteiger partial charge in [-0.05, 0) is 25.5 Å².